The summed E-state index contributed by atoms with van der Waals surface area (Å²) in [6.07, 6.45) is 0.738. The van der Waals surface area contributed by atoms with Crippen molar-refractivity contribution in [3.63, 3.8) is 0 Å². The minimum atomic E-state index is -0.341. The van der Waals surface area contributed by atoms with Crippen molar-refractivity contribution in [2.45, 2.75) is 6.42 Å². The van der Waals surface area contributed by atoms with Crippen LogP contribution in [0.5, 0.6) is 5.75 Å². The highest BCUT2D eigenvalue weighted by atomic mass is 35.5. The Kier molecular flexibility index (Phi) is 1.69. The van der Waals surface area contributed by atoms with Crippen molar-refractivity contribution in [1.82, 2.24) is 4.98 Å². The van der Waals surface area contributed by atoms with Crippen molar-refractivity contribution in [2.24, 2.45) is 0 Å². The fourth-order valence-electron chi connectivity index (χ4n) is 1.69. The monoisotopic (exact) mass is 229 g/mol. The molecule has 0 fully saturated rings. The number of thiazole rings is 1. The molecule has 0 radical (unpaired) electrons. The van der Waals surface area contributed by atoms with Gasteiger partial charge < -0.3 is 4.74 Å². The van der Waals surface area contributed by atoms with Gasteiger partial charge in [0.1, 0.15) is 0 Å². The van der Waals surface area contributed by atoms with E-state index in [9.17, 15) is 4.39 Å². The van der Waals surface area contributed by atoms with Crippen molar-refractivity contribution < 1.29 is 9.13 Å². The first-order chi connectivity index (χ1) is 6.75. The van der Waals surface area contributed by atoms with Gasteiger partial charge in [-0.3, -0.25) is 0 Å². The number of aromatic nitrogens is 1. The van der Waals surface area contributed by atoms with Crippen LogP contribution in [0.15, 0.2) is 6.07 Å². The third-order valence-corrected chi connectivity index (χ3v) is 3.49. The van der Waals surface area contributed by atoms with Gasteiger partial charge in [0.25, 0.3) is 0 Å². The maximum atomic E-state index is 13.4. The number of hydrogen-bond acceptors (Lipinski definition) is 3. The molecule has 72 valence electrons. The first-order valence-corrected chi connectivity index (χ1v) is 5.35. The van der Waals surface area contributed by atoms with E-state index in [0.717, 1.165) is 16.7 Å². The Morgan fingerprint density at radius 2 is 2.43 bits per heavy atom. The molecule has 0 spiro atoms. The van der Waals surface area contributed by atoms with E-state index < -0.39 is 0 Å². The van der Waals surface area contributed by atoms with Gasteiger partial charge in [0.2, 0.25) is 0 Å². The summed E-state index contributed by atoms with van der Waals surface area (Å²) < 4.78 is 20.0. The Labute approximate surface area is 88.3 Å². The van der Waals surface area contributed by atoms with Crippen LogP contribution in [0.25, 0.3) is 10.2 Å². The Hall–Kier alpha value is -0.870. The molecule has 0 aliphatic carbocycles. The van der Waals surface area contributed by atoms with E-state index in [1.165, 1.54) is 17.4 Å². The van der Waals surface area contributed by atoms with Gasteiger partial charge >= 0.3 is 0 Å². The van der Waals surface area contributed by atoms with Crippen LogP contribution in [0.4, 0.5) is 4.39 Å². The summed E-state index contributed by atoms with van der Waals surface area (Å²) in [6, 6.07) is 1.38. The molecule has 0 N–H and O–H groups in total. The molecule has 0 saturated heterocycles. The zero-order chi connectivity index (χ0) is 9.71. The van der Waals surface area contributed by atoms with E-state index in [2.05, 4.69) is 4.98 Å². The summed E-state index contributed by atoms with van der Waals surface area (Å²) >= 11 is 7.16. The molecule has 0 saturated carbocycles. The molecule has 0 unspecified atom stereocenters. The molecule has 0 bridgehead atoms. The van der Waals surface area contributed by atoms with Crippen LogP contribution in [0.2, 0.25) is 4.47 Å². The Morgan fingerprint density at radius 1 is 1.57 bits per heavy atom. The largest absolute Gasteiger partial charge is 0.490 e. The summed E-state index contributed by atoms with van der Waals surface area (Å²) in [5.41, 5.74) is 1.53. The summed E-state index contributed by atoms with van der Waals surface area (Å²) in [7, 11) is 0. The van der Waals surface area contributed by atoms with Gasteiger partial charge in [0.05, 0.1) is 16.8 Å². The Morgan fingerprint density at radius 3 is 3.29 bits per heavy atom. The highest BCUT2D eigenvalue weighted by Gasteiger charge is 2.22. The number of benzene rings is 1. The zero-order valence-corrected chi connectivity index (χ0v) is 8.58. The smallest absolute Gasteiger partial charge is 0.184 e. The van der Waals surface area contributed by atoms with Crippen LogP contribution in [-0.2, 0) is 6.42 Å². The highest BCUT2D eigenvalue weighted by molar-refractivity contribution is 7.22. The topological polar surface area (TPSA) is 22.1 Å². The number of hydrogen-bond donors (Lipinski definition) is 0. The fourth-order valence-corrected chi connectivity index (χ4v) is 2.85. The van der Waals surface area contributed by atoms with Gasteiger partial charge in [-0.2, -0.15) is 0 Å². The van der Waals surface area contributed by atoms with E-state index in [0.29, 0.717) is 22.3 Å². The second-order valence-electron chi connectivity index (χ2n) is 3.08. The van der Waals surface area contributed by atoms with Crippen LogP contribution in [0.1, 0.15) is 5.56 Å². The van der Waals surface area contributed by atoms with Crippen LogP contribution in [0, 0.1) is 5.82 Å². The van der Waals surface area contributed by atoms with Gasteiger partial charge in [-0.25, -0.2) is 9.37 Å². The summed E-state index contributed by atoms with van der Waals surface area (Å²) in [6.45, 7) is 0.543. The lowest BCUT2D eigenvalue weighted by atomic mass is 10.1. The van der Waals surface area contributed by atoms with Crippen LogP contribution < -0.4 is 4.74 Å². The molecule has 0 atom stereocenters. The molecular weight excluding hydrogens is 225 g/mol. The van der Waals surface area contributed by atoms with E-state index in [1.54, 1.807) is 0 Å². The quantitative estimate of drug-likeness (QED) is 0.693. The lowest BCUT2D eigenvalue weighted by Gasteiger charge is -2.00. The Balaban J connectivity index is 2.45. The van der Waals surface area contributed by atoms with Crippen LogP contribution in [-0.4, -0.2) is 11.6 Å². The molecule has 0 amide bonds. The molecule has 1 aromatic carbocycles. The second-order valence-corrected chi connectivity index (χ2v) is 4.66. The van der Waals surface area contributed by atoms with Crippen LogP contribution >= 0.6 is 22.9 Å². The van der Waals surface area contributed by atoms with Crippen LogP contribution in [0.3, 0.4) is 0 Å². The van der Waals surface area contributed by atoms with Gasteiger partial charge in [0.15, 0.2) is 16.0 Å². The lowest BCUT2D eigenvalue weighted by molar-refractivity contribution is 0.339. The molecule has 1 aromatic heterocycles. The molecule has 3 rings (SSSR count). The maximum Gasteiger partial charge on any atom is 0.184 e. The number of ether oxygens (including phenoxy) is 1. The van der Waals surface area contributed by atoms with Crippen molar-refractivity contribution >= 4 is 33.2 Å². The fraction of sp³-hybridized carbons (Fsp3) is 0.222. The normalized spacial score (nSPS) is 14.4. The molecule has 1 aliphatic rings. The van der Waals surface area contributed by atoms with E-state index in [4.69, 9.17) is 16.3 Å². The maximum absolute atomic E-state index is 13.4. The van der Waals surface area contributed by atoms with Gasteiger partial charge in [0, 0.05) is 18.1 Å². The molecule has 2 nitrogen and oxygen atoms in total. The lowest BCUT2D eigenvalue weighted by Crippen LogP contribution is -1.88. The average molecular weight is 230 g/mol. The minimum absolute atomic E-state index is 0.341. The molecule has 2 aromatic rings. The van der Waals surface area contributed by atoms with Gasteiger partial charge in [-0.1, -0.05) is 11.6 Å². The SMILES string of the molecule is Fc1cc2nc(Cl)sc2c2c1OCC2. The highest BCUT2D eigenvalue weighted by Crippen LogP contribution is 2.39. The van der Waals surface area contributed by atoms with Crippen molar-refractivity contribution in [3.8, 4) is 5.75 Å². The van der Waals surface area contributed by atoms with Gasteiger partial charge in [-0.15, -0.1) is 11.3 Å². The first kappa shape index (κ1) is 8.44. The van der Waals surface area contributed by atoms with E-state index in [1.807, 2.05) is 0 Å². The number of nitrogens with zero attached hydrogens (tertiary/aromatic N) is 1. The Bertz CT molecular complexity index is 525. The molecule has 14 heavy (non-hydrogen) atoms. The van der Waals surface area contributed by atoms with Crippen molar-refractivity contribution in [3.05, 3.63) is 21.9 Å². The van der Waals surface area contributed by atoms with Gasteiger partial charge in [-0.05, 0) is 0 Å². The standard InChI is InChI=1S/C9H5ClFNOS/c10-9-12-6-3-5(11)7-4(1-2-13-7)8(6)14-9/h3H,1-2H2. The molecule has 2 heterocycles. The average Bonchev–Trinajstić information content (AvgIpc) is 2.69. The number of fused-ring (bicyclic) bond motifs is 3. The first-order valence-electron chi connectivity index (χ1n) is 4.16. The summed E-state index contributed by atoms with van der Waals surface area (Å²) in [5.74, 6) is 0.0322. The number of rotatable bonds is 0. The third-order valence-electron chi connectivity index (χ3n) is 2.25. The summed E-state index contributed by atoms with van der Waals surface area (Å²) in [4.78, 5) is 4.04. The predicted octanol–water partition coefficient (Wildman–Crippen LogP) is 3.02. The molecule has 5 heteroatoms. The zero-order valence-electron chi connectivity index (χ0n) is 7.01. The van der Waals surface area contributed by atoms with E-state index >= 15 is 0 Å². The third kappa shape index (κ3) is 1.04. The van der Waals surface area contributed by atoms with Crippen molar-refractivity contribution in [1.29, 1.82) is 0 Å². The summed E-state index contributed by atoms with van der Waals surface area (Å²) in [5, 5.41) is 0. The van der Waals surface area contributed by atoms with E-state index in [-0.39, 0.29) is 5.82 Å². The molecule has 1 aliphatic heterocycles. The minimum Gasteiger partial charge on any atom is -0.490 e. The number of halogens is 2. The molecular formula is C9H5ClFNOS. The van der Waals surface area contributed by atoms with Crippen molar-refractivity contribution in [2.75, 3.05) is 6.61 Å². The predicted molar refractivity (Wildman–Crippen MR) is 53.8 cm³/mol. The second kappa shape index (κ2) is 2.81.